The molecule has 3 aromatic carbocycles. The van der Waals surface area contributed by atoms with Gasteiger partial charge in [-0.1, -0.05) is 54.6 Å². The van der Waals surface area contributed by atoms with E-state index in [2.05, 4.69) is 15.7 Å². The first kappa shape index (κ1) is 21.9. The summed E-state index contributed by atoms with van der Waals surface area (Å²) < 4.78 is 6.74. The maximum Gasteiger partial charge on any atom is 0.356 e. The number of benzene rings is 3. The van der Waals surface area contributed by atoms with Crippen molar-refractivity contribution in [1.82, 2.24) is 15.1 Å². The first-order chi connectivity index (χ1) is 17.0. The number of amides is 2. The highest BCUT2D eigenvalue weighted by Gasteiger charge is 2.29. The van der Waals surface area contributed by atoms with Crippen LogP contribution in [-0.2, 0) is 0 Å². The molecule has 0 radical (unpaired) electrons. The molecule has 1 atom stereocenters. The molecule has 1 aliphatic rings. The number of para-hydroxylation sites is 1. The molecule has 4 aromatic rings. The third kappa shape index (κ3) is 4.34. The Labute approximate surface area is 200 Å². The molecular weight excluding hydrogens is 446 g/mol. The average Bonchev–Trinajstić information content (AvgIpc) is 3.28. The highest BCUT2D eigenvalue weighted by Crippen LogP contribution is 2.30. The lowest BCUT2D eigenvalue weighted by atomic mass is 10.0. The summed E-state index contributed by atoms with van der Waals surface area (Å²) in [7, 11) is 1.55. The number of hydrogen-bond acceptors (Lipinski definition) is 5. The Morgan fingerprint density at radius 2 is 1.74 bits per heavy atom. The van der Waals surface area contributed by atoms with Crippen molar-refractivity contribution in [2.45, 2.75) is 6.17 Å². The lowest BCUT2D eigenvalue weighted by Gasteiger charge is -2.16. The maximum absolute atomic E-state index is 13.0. The summed E-state index contributed by atoms with van der Waals surface area (Å²) in [6, 6.07) is 24.9. The Kier molecular flexibility index (Phi) is 5.72. The molecule has 1 aromatic heterocycles. The molecule has 35 heavy (non-hydrogen) atoms. The molecule has 0 fully saturated rings. The number of aromatic nitrogens is 2. The van der Waals surface area contributed by atoms with E-state index in [1.54, 1.807) is 31.4 Å². The molecule has 0 aliphatic carbocycles. The molecule has 0 saturated carbocycles. The molecule has 9 heteroatoms. The van der Waals surface area contributed by atoms with Crippen molar-refractivity contribution in [3.63, 3.8) is 0 Å². The fraction of sp³-hybridized carbons (Fsp3) is 0.0769. The maximum atomic E-state index is 13.0. The largest absolute Gasteiger partial charge is 0.497 e. The highest BCUT2D eigenvalue weighted by molar-refractivity contribution is 6.15. The SMILES string of the molecule is COc1cccc(NC(=O)NC2N=C(c3ccccc3)c3ccccc3-n3nc(C(=O)O)cc32)c1. The van der Waals surface area contributed by atoms with Gasteiger partial charge in [0.2, 0.25) is 0 Å². The van der Waals surface area contributed by atoms with Crippen molar-refractivity contribution >= 4 is 23.4 Å². The number of nitrogens with zero attached hydrogens (tertiary/aromatic N) is 3. The Hall–Kier alpha value is -4.92. The summed E-state index contributed by atoms with van der Waals surface area (Å²) in [5.41, 5.74) is 3.73. The van der Waals surface area contributed by atoms with Gasteiger partial charge in [0, 0.05) is 22.9 Å². The van der Waals surface area contributed by atoms with E-state index in [4.69, 9.17) is 9.73 Å². The fourth-order valence-corrected chi connectivity index (χ4v) is 3.94. The van der Waals surface area contributed by atoms with E-state index in [1.165, 1.54) is 10.7 Å². The van der Waals surface area contributed by atoms with Crippen LogP contribution in [0.2, 0.25) is 0 Å². The number of carboxylic acid groups (broad SMARTS) is 1. The van der Waals surface area contributed by atoms with Crippen LogP contribution in [0.3, 0.4) is 0 Å². The molecule has 2 heterocycles. The van der Waals surface area contributed by atoms with E-state index in [-0.39, 0.29) is 5.69 Å². The van der Waals surface area contributed by atoms with Gasteiger partial charge in [-0.05, 0) is 24.3 Å². The summed E-state index contributed by atoms with van der Waals surface area (Å²) in [6.07, 6.45) is -0.913. The number of aliphatic imine (C=N–C) groups is 1. The molecule has 0 spiro atoms. The number of fused-ring (bicyclic) bond motifs is 3. The van der Waals surface area contributed by atoms with E-state index in [0.717, 1.165) is 11.1 Å². The minimum Gasteiger partial charge on any atom is -0.497 e. The van der Waals surface area contributed by atoms with Gasteiger partial charge in [0.1, 0.15) is 5.75 Å². The zero-order chi connectivity index (χ0) is 24.4. The van der Waals surface area contributed by atoms with Crippen LogP contribution in [0.4, 0.5) is 10.5 Å². The Balaban J connectivity index is 1.59. The standard InChI is InChI=1S/C26H21N5O4/c1-35-18-11-7-10-17(14-18)27-26(34)29-24-22-15-20(25(32)33)30-31(22)21-13-6-5-12-19(21)23(28-24)16-8-3-2-4-9-16/h2-15,24H,1H3,(H,32,33)(H2,27,29,34). The van der Waals surface area contributed by atoms with Crippen molar-refractivity contribution in [2.75, 3.05) is 12.4 Å². The number of rotatable bonds is 5. The summed E-state index contributed by atoms with van der Waals surface area (Å²) >= 11 is 0. The summed E-state index contributed by atoms with van der Waals surface area (Å²) in [6.45, 7) is 0. The van der Waals surface area contributed by atoms with Gasteiger partial charge in [0.15, 0.2) is 11.9 Å². The fourth-order valence-electron chi connectivity index (χ4n) is 3.94. The second kappa shape index (κ2) is 9.14. The third-order valence-corrected chi connectivity index (χ3v) is 5.52. The number of anilines is 1. The van der Waals surface area contributed by atoms with Crippen LogP contribution >= 0.6 is 0 Å². The molecule has 2 amide bonds. The molecule has 9 nitrogen and oxygen atoms in total. The summed E-state index contributed by atoms with van der Waals surface area (Å²) in [4.78, 5) is 29.6. The average molecular weight is 467 g/mol. The number of ether oxygens (including phenoxy) is 1. The normalized spacial score (nSPS) is 14.1. The minimum atomic E-state index is -1.17. The monoisotopic (exact) mass is 467 g/mol. The zero-order valence-electron chi connectivity index (χ0n) is 18.7. The van der Waals surface area contributed by atoms with Crippen molar-refractivity contribution in [3.05, 3.63) is 107 Å². The van der Waals surface area contributed by atoms with Crippen LogP contribution in [-0.4, -0.2) is 39.7 Å². The molecule has 3 N–H and O–H groups in total. The van der Waals surface area contributed by atoms with Gasteiger partial charge in [-0.15, -0.1) is 0 Å². The van der Waals surface area contributed by atoms with Gasteiger partial charge < -0.3 is 20.5 Å². The number of urea groups is 1. The molecule has 1 aliphatic heterocycles. The molecule has 0 bridgehead atoms. The second-order valence-electron chi connectivity index (χ2n) is 7.77. The van der Waals surface area contributed by atoms with Gasteiger partial charge in [-0.25, -0.2) is 14.3 Å². The van der Waals surface area contributed by atoms with Crippen LogP contribution in [0.5, 0.6) is 5.75 Å². The van der Waals surface area contributed by atoms with Crippen LogP contribution in [0.1, 0.15) is 33.5 Å². The number of methoxy groups -OCH3 is 1. The van der Waals surface area contributed by atoms with Crippen molar-refractivity contribution in [3.8, 4) is 11.4 Å². The number of carbonyl (C=O) groups excluding carboxylic acids is 1. The number of carbonyl (C=O) groups is 2. The molecule has 1 unspecified atom stereocenters. The summed E-state index contributed by atoms with van der Waals surface area (Å²) in [5.74, 6) is -0.573. The lowest BCUT2D eigenvalue weighted by Crippen LogP contribution is -2.32. The molecule has 5 rings (SSSR count). The van der Waals surface area contributed by atoms with Crippen LogP contribution in [0, 0.1) is 0 Å². The Morgan fingerprint density at radius 1 is 0.971 bits per heavy atom. The second-order valence-corrected chi connectivity index (χ2v) is 7.77. The van der Waals surface area contributed by atoms with Gasteiger partial charge in [-0.2, -0.15) is 5.10 Å². The van der Waals surface area contributed by atoms with Crippen LogP contribution in [0.25, 0.3) is 5.69 Å². The molecule has 0 saturated heterocycles. The summed E-state index contributed by atoms with van der Waals surface area (Å²) in [5, 5.41) is 19.5. The highest BCUT2D eigenvalue weighted by atomic mass is 16.5. The number of hydrogen-bond donors (Lipinski definition) is 3. The van der Waals surface area contributed by atoms with Gasteiger partial charge >= 0.3 is 12.0 Å². The topological polar surface area (TPSA) is 118 Å². The number of carboxylic acids is 1. The smallest absolute Gasteiger partial charge is 0.356 e. The van der Waals surface area contributed by atoms with Crippen molar-refractivity contribution in [1.29, 1.82) is 0 Å². The minimum absolute atomic E-state index is 0.145. The van der Waals surface area contributed by atoms with E-state index in [9.17, 15) is 14.7 Å². The molecular formula is C26H21N5O4. The predicted molar refractivity (Wildman–Crippen MR) is 130 cm³/mol. The van der Waals surface area contributed by atoms with Crippen LogP contribution < -0.4 is 15.4 Å². The number of aromatic carboxylic acids is 1. The van der Waals surface area contributed by atoms with Gasteiger partial charge in [0.05, 0.1) is 24.2 Å². The van der Waals surface area contributed by atoms with E-state index in [0.29, 0.717) is 28.5 Å². The quantitative estimate of drug-likeness (QED) is 0.406. The van der Waals surface area contributed by atoms with Crippen LogP contribution in [0.15, 0.2) is 89.9 Å². The molecule has 174 valence electrons. The van der Waals surface area contributed by atoms with E-state index < -0.39 is 18.2 Å². The number of nitrogens with one attached hydrogen (secondary N) is 2. The Bertz CT molecular complexity index is 1450. The van der Waals surface area contributed by atoms with Gasteiger partial charge in [0.25, 0.3) is 0 Å². The first-order valence-electron chi connectivity index (χ1n) is 10.8. The Morgan fingerprint density at radius 3 is 2.51 bits per heavy atom. The van der Waals surface area contributed by atoms with Crippen molar-refractivity contribution in [2.24, 2.45) is 4.99 Å². The van der Waals surface area contributed by atoms with Gasteiger partial charge in [-0.3, -0.25) is 4.99 Å². The zero-order valence-corrected chi connectivity index (χ0v) is 18.7. The lowest BCUT2D eigenvalue weighted by molar-refractivity contribution is 0.0690. The first-order valence-corrected chi connectivity index (χ1v) is 10.8. The van der Waals surface area contributed by atoms with E-state index >= 15 is 0 Å². The third-order valence-electron chi connectivity index (χ3n) is 5.52. The predicted octanol–water partition coefficient (Wildman–Crippen LogP) is 4.25. The van der Waals surface area contributed by atoms with E-state index in [1.807, 2.05) is 54.6 Å². The van der Waals surface area contributed by atoms with Crippen molar-refractivity contribution < 1.29 is 19.4 Å².